The lowest BCUT2D eigenvalue weighted by atomic mass is 9.89. The molecule has 232 valence electrons. The molecule has 0 amide bonds. The van der Waals surface area contributed by atoms with Crippen molar-refractivity contribution in [3.05, 3.63) is 105 Å². The molecule has 1 atom stereocenters. The third-order valence-corrected chi connectivity index (χ3v) is 7.47. The highest BCUT2D eigenvalue weighted by molar-refractivity contribution is 5.93. The predicted molar refractivity (Wildman–Crippen MR) is 151 cm³/mol. The average Bonchev–Trinajstić information content (AvgIpc) is 3.65. The monoisotopic (exact) mass is 622 g/mol. The van der Waals surface area contributed by atoms with Gasteiger partial charge in [0.25, 0.3) is 6.47 Å². The van der Waals surface area contributed by atoms with Crippen LogP contribution in [0, 0.1) is 11.3 Å². The number of halogens is 3. The summed E-state index contributed by atoms with van der Waals surface area (Å²) in [5.74, 6) is -0.832. The number of H-pyrrole nitrogens is 1. The number of hydrogen-bond donors (Lipinski definition) is 1. The number of allylic oxidation sites excluding steroid dienone is 1. The average molecular weight is 623 g/mol. The number of carbonyl (C=O) groups excluding carboxylic acids is 2. The number of hydrogen-bond acceptors (Lipinski definition) is 8. The van der Waals surface area contributed by atoms with Gasteiger partial charge in [0.1, 0.15) is 31.6 Å². The van der Waals surface area contributed by atoms with Crippen molar-refractivity contribution in [1.29, 1.82) is 5.26 Å². The van der Waals surface area contributed by atoms with E-state index >= 15 is 0 Å². The Morgan fingerprint density at radius 3 is 2.76 bits per heavy atom. The molecule has 0 spiro atoms. The molecule has 0 bridgehead atoms. The van der Waals surface area contributed by atoms with Crippen molar-refractivity contribution in [1.82, 2.24) is 19.3 Å². The Labute approximate surface area is 254 Å². The summed E-state index contributed by atoms with van der Waals surface area (Å²) in [5, 5.41) is 16.2. The molecule has 1 aliphatic rings. The number of nitrogens with zero attached hydrogens (tertiary/aromatic N) is 6. The molecule has 1 N–H and O–H groups in total. The molecule has 5 rings (SSSR count). The van der Waals surface area contributed by atoms with Crippen LogP contribution in [0.1, 0.15) is 35.2 Å². The van der Waals surface area contributed by atoms with Crippen molar-refractivity contribution >= 4 is 24.1 Å². The zero-order valence-electron chi connectivity index (χ0n) is 24.1. The summed E-state index contributed by atoms with van der Waals surface area (Å²) < 4.78 is 55.6. The number of aromatic nitrogens is 5. The number of alkyl halides is 3. The number of anilines is 2. The first-order chi connectivity index (χ1) is 21.6. The number of nitrogens with one attached hydrogen (secondary N) is 1. The molecule has 45 heavy (non-hydrogen) atoms. The van der Waals surface area contributed by atoms with Crippen LogP contribution in [0.25, 0.3) is 0 Å². The molecular weight excluding hydrogens is 595 g/mol. The van der Waals surface area contributed by atoms with Crippen LogP contribution in [0.3, 0.4) is 0 Å². The zero-order chi connectivity index (χ0) is 32.3. The fourth-order valence-corrected chi connectivity index (χ4v) is 5.40. The van der Waals surface area contributed by atoms with E-state index in [-0.39, 0.29) is 29.5 Å². The summed E-state index contributed by atoms with van der Waals surface area (Å²) in [4.78, 5) is 38.5. The van der Waals surface area contributed by atoms with Crippen molar-refractivity contribution in [2.24, 2.45) is 0 Å². The number of aromatic amines is 1. The van der Waals surface area contributed by atoms with Crippen molar-refractivity contribution < 1.29 is 36.8 Å². The van der Waals surface area contributed by atoms with Crippen molar-refractivity contribution in [2.75, 3.05) is 18.6 Å². The topological polar surface area (TPSA) is 139 Å². The van der Waals surface area contributed by atoms with Gasteiger partial charge in [-0.2, -0.15) is 18.4 Å². The molecule has 3 heterocycles. The number of ether oxygens (including phenoxy) is 2. The first kappa shape index (κ1) is 30.8. The lowest BCUT2D eigenvalue weighted by Crippen LogP contribution is -2.38. The molecule has 2 aromatic heterocycles. The highest BCUT2D eigenvalue weighted by Crippen LogP contribution is 2.43. The Bertz CT molecular complexity index is 1880. The van der Waals surface area contributed by atoms with Gasteiger partial charge < -0.3 is 9.47 Å². The minimum atomic E-state index is -4.64. The fourth-order valence-electron chi connectivity index (χ4n) is 5.40. The molecule has 12 nitrogen and oxygen atoms in total. The summed E-state index contributed by atoms with van der Waals surface area (Å²) in [6, 6.07) is 10.4. The van der Waals surface area contributed by atoms with Crippen LogP contribution in [0.5, 0.6) is 0 Å². The fraction of sp³-hybridized carbons (Fsp3) is 0.267. The quantitative estimate of drug-likeness (QED) is 0.123. The van der Waals surface area contributed by atoms with Gasteiger partial charge in [0.05, 0.1) is 36.4 Å². The molecule has 2 aromatic carbocycles. The van der Waals surface area contributed by atoms with E-state index in [0.717, 1.165) is 12.1 Å². The zero-order valence-corrected chi connectivity index (χ0v) is 24.1. The second kappa shape index (κ2) is 12.5. The second-order valence-electron chi connectivity index (χ2n) is 10.1. The van der Waals surface area contributed by atoms with Crippen LogP contribution in [0.2, 0.25) is 0 Å². The van der Waals surface area contributed by atoms with E-state index in [1.807, 2.05) is 27.9 Å². The molecule has 0 aliphatic carbocycles. The van der Waals surface area contributed by atoms with Crippen LogP contribution in [0.4, 0.5) is 24.8 Å². The SMILES string of the molecule is COC(=O)C1=C(C)N(c2cccc(C(F)(F)F)c2)c2n[nH]c(=O)n2[C@@H]1c1ccc(C#N)cc1CC[n+]1ccn(CCOC=O)c1. The number of rotatable bonds is 10. The van der Waals surface area contributed by atoms with E-state index in [2.05, 4.69) is 16.3 Å². The van der Waals surface area contributed by atoms with Crippen molar-refractivity contribution in [3.63, 3.8) is 0 Å². The van der Waals surface area contributed by atoms with E-state index in [0.29, 0.717) is 42.7 Å². The van der Waals surface area contributed by atoms with Gasteiger partial charge in [0.15, 0.2) is 0 Å². The van der Waals surface area contributed by atoms with Crippen LogP contribution in [0.15, 0.2) is 77.3 Å². The molecule has 0 unspecified atom stereocenters. The van der Waals surface area contributed by atoms with Gasteiger partial charge in [-0.25, -0.2) is 28.4 Å². The van der Waals surface area contributed by atoms with Crippen LogP contribution < -0.4 is 15.2 Å². The molecular formula is C30H27F3N7O5+. The van der Waals surface area contributed by atoms with Crippen molar-refractivity contribution in [2.45, 2.75) is 38.7 Å². The standard InChI is InChI=1S/C30H26F3N7O5/c1-19-25(27(42)44-2)26(40-28(35-36-29(40)43)39(19)23-5-3-4-22(15-23)30(31,32)33)24-7-6-20(16-34)14-21(24)8-9-37-10-11-38(17-37)12-13-45-18-41/h3-7,10-11,14-15,17-18,26H,8-9,12-13H2,1-2H3/p+1/t26-/m1/s1. The summed E-state index contributed by atoms with van der Waals surface area (Å²) >= 11 is 0. The predicted octanol–water partition coefficient (Wildman–Crippen LogP) is 3.15. The summed E-state index contributed by atoms with van der Waals surface area (Å²) in [6.45, 7) is 3.01. The minimum absolute atomic E-state index is 0.00542. The molecule has 0 fully saturated rings. The lowest BCUT2D eigenvalue weighted by Gasteiger charge is -2.36. The largest absolute Gasteiger partial charge is 0.466 e. The number of carbonyl (C=O) groups is 2. The van der Waals surface area contributed by atoms with Crippen LogP contribution in [-0.4, -0.2) is 45.5 Å². The Morgan fingerprint density at radius 2 is 2.04 bits per heavy atom. The van der Waals surface area contributed by atoms with E-state index in [1.54, 1.807) is 25.1 Å². The van der Waals surface area contributed by atoms with Crippen LogP contribution in [-0.2, 0) is 44.7 Å². The number of methoxy groups -OCH3 is 1. The third-order valence-electron chi connectivity index (χ3n) is 7.47. The maximum atomic E-state index is 13.6. The van der Waals surface area contributed by atoms with Gasteiger partial charge in [0.2, 0.25) is 12.3 Å². The first-order valence-corrected chi connectivity index (χ1v) is 13.6. The smallest absolute Gasteiger partial charge is 0.416 e. The minimum Gasteiger partial charge on any atom is -0.466 e. The van der Waals surface area contributed by atoms with Gasteiger partial charge in [-0.05, 0) is 48.4 Å². The number of benzene rings is 2. The van der Waals surface area contributed by atoms with E-state index in [4.69, 9.17) is 9.47 Å². The summed E-state index contributed by atoms with van der Waals surface area (Å²) in [7, 11) is 1.17. The Balaban J connectivity index is 1.62. The van der Waals surface area contributed by atoms with Crippen LogP contribution >= 0.6 is 0 Å². The molecule has 4 aromatic rings. The van der Waals surface area contributed by atoms with Gasteiger partial charge in [-0.15, -0.1) is 5.10 Å². The molecule has 0 saturated heterocycles. The number of nitriles is 1. The maximum Gasteiger partial charge on any atom is 0.416 e. The lowest BCUT2D eigenvalue weighted by molar-refractivity contribution is -0.696. The number of aryl methyl sites for hydroxylation is 2. The van der Waals surface area contributed by atoms with Gasteiger partial charge in [-0.1, -0.05) is 12.1 Å². The van der Waals surface area contributed by atoms with Gasteiger partial charge in [0, 0.05) is 17.8 Å². The van der Waals surface area contributed by atoms with Gasteiger partial charge >= 0.3 is 17.8 Å². The highest BCUT2D eigenvalue weighted by Gasteiger charge is 2.41. The number of imidazole rings is 1. The Kier molecular flexibility index (Phi) is 8.57. The first-order valence-electron chi connectivity index (χ1n) is 13.6. The number of esters is 1. The van der Waals surface area contributed by atoms with Crippen molar-refractivity contribution in [3.8, 4) is 6.07 Å². The summed E-state index contributed by atoms with van der Waals surface area (Å²) in [5.41, 5.74) is 0.107. The summed E-state index contributed by atoms with van der Waals surface area (Å²) in [6.07, 6.45) is 1.18. The Morgan fingerprint density at radius 1 is 1.24 bits per heavy atom. The molecule has 0 radical (unpaired) electrons. The van der Waals surface area contributed by atoms with E-state index < -0.39 is 29.4 Å². The third kappa shape index (κ3) is 6.07. The molecule has 1 aliphatic heterocycles. The van der Waals surface area contributed by atoms with E-state index in [1.165, 1.54) is 28.7 Å². The normalized spacial score (nSPS) is 14.6. The molecule has 0 saturated carbocycles. The van der Waals surface area contributed by atoms with Gasteiger partial charge in [-0.3, -0.25) is 9.69 Å². The highest BCUT2D eigenvalue weighted by atomic mass is 19.4. The van der Waals surface area contributed by atoms with E-state index in [9.17, 15) is 32.8 Å². The Hall–Kier alpha value is -5.65. The second-order valence-corrected chi connectivity index (χ2v) is 10.1. The number of fused-ring (bicyclic) bond motifs is 1. The maximum absolute atomic E-state index is 13.6. The molecule has 15 heteroatoms.